The molecule has 0 aliphatic carbocycles. The van der Waals surface area contributed by atoms with E-state index in [0.29, 0.717) is 6.42 Å². The monoisotopic (exact) mass is 518 g/mol. The maximum absolute atomic E-state index is 11.0. The molecule has 0 rings (SSSR count). The molecule has 12 nitrogen and oxygen atoms in total. The van der Waals surface area contributed by atoms with Crippen molar-refractivity contribution >= 4 is 17.9 Å². The molecule has 36 heavy (non-hydrogen) atoms. The van der Waals surface area contributed by atoms with Crippen LogP contribution in [0.3, 0.4) is 0 Å². The van der Waals surface area contributed by atoms with E-state index in [4.69, 9.17) is 42.6 Å². The summed E-state index contributed by atoms with van der Waals surface area (Å²) in [7, 11) is 0. The molecule has 0 aromatic carbocycles. The summed E-state index contributed by atoms with van der Waals surface area (Å²) in [6.07, 6.45) is 3.56. The summed E-state index contributed by atoms with van der Waals surface area (Å²) in [5.41, 5.74) is 0. The largest absolute Gasteiger partial charge is 0.460 e. The lowest BCUT2D eigenvalue weighted by atomic mass is 10.4. The van der Waals surface area contributed by atoms with E-state index in [9.17, 15) is 14.4 Å². The van der Waals surface area contributed by atoms with Crippen LogP contribution in [0.5, 0.6) is 0 Å². The van der Waals surface area contributed by atoms with Crippen LogP contribution in [0.4, 0.5) is 0 Å². The summed E-state index contributed by atoms with van der Waals surface area (Å²) in [4.78, 5) is 33.0. The second kappa shape index (κ2) is 22.8. The van der Waals surface area contributed by atoms with E-state index in [1.807, 2.05) is 6.92 Å². The zero-order chi connectivity index (χ0) is 26.9. The van der Waals surface area contributed by atoms with Crippen LogP contribution in [0.1, 0.15) is 13.3 Å². The first-order valence-electron chi connectivity index (χ1n) is 11.5. The highest BCUT2D eigenvalue weighted by molar-refractivity contribution is 5.81. The Balaban J connectivity index is 4.41. The highest BCUT2D eigenvalue weighted by Gasteiger charge is 2.31. The molecule has 12 heteroatoms. The van der Waals surface area contributed by atoms with E-state index < -0.39 is 23.9 Å². The van der Waals surface area contributed by atoms with Crippen molar-refractivity contribution in [2.24, 2.45) is 0 Å². The fourth-order valence-electron chi connectivity index (χ4n) is 2.29. The van der Waals surface area contributed by atoms with Gasteiger partial charge in [0.1, 0.15) is 19.8 Å². The Hall–Kier alpha value is -2.61. The number of esters is 3. The van der Waals surface area contributed by atoms with Gasteiger partial charge in [-0.05, 0) is 0 Å². The van der Waals surface area contributed by atoms with Gasteiger partial charge in [0.25, 0.3) is 5.97 Å². The predicted octanol–water partition coefficient (Wildman–Crippen LogP) is 1.34. The molecule has 0 bridgehead atoms. The van der Waals surface area contributed by atoms with E-state index >= 15 is 0 Å². The molecule has 0 amide bonds. The van der Waals surface area contributed by atoms with Crippen LogP contribution >= 0.6 is 0 Å². The molecule has 0 saturated heterocycles. The number of rotatable bonds is 25. The van der Waals surface area contributed by atoms with Crippen molar-refractivity contribution in [2.75, 3.05) is 79.3 Å². The summed E-state index contributed by atoms with van der Waals surface area (Å²) in [5.74, 6) is -2.95. The molecule has 0 atom stereocenters. The average molecular weight is 519 g/mol. The summed E-state index contributed by atoms with van der Waals surface area (Å²) in [5, 5.41) is 0. The first kappa shape index (κ1) is 33.4. The van der Waals surface area contributed by atoms with Crippen LogP contribution < -0.4 is 0 Å². The Morgan fingerprint density at radius 2 is 0.806 bits per heavy atom. The minimum absolute atomic E-state index is 0.0929. The molecule has 0 fully saturated rings. The second-order valence-electron chi connectivity index (χ2n) is 6.53. The van der Waals surface area contributed by atoms with Crippen LogP contribution in [0, 0.1) is 0 Å². The zero-order valence-electron chi connectivity index (χ0n) is 20.9. The Morgan fingerprint density at radius 3 is 1.06 bits per heavy atom. The Kier molecular flexibility index (Phi) is 21.2. The number of carbonyl (C=O) groups is 3. The van der Waals surface area contributed by atoms with Crippen molar-refractivity contribution in [1.29, 1.82) is 0 Å². The van der Waals surface area contributed by atoms with Crippen molar-refractivity contribution in [3.8, 4) is 0 Å². The normalized spacial score (nSPS) is 10.9. The highest BCUT2D eigenvalue weighted by Crippen LogP contribution is 2.20. The Bertz CT molecular complexity index is 565. The van der Waals surface area contributed by atoms with Crippen LogP contribution in [-0.2, 0) is 57.0 Å². The quantitative estimate of drug-likeness (QED) is 0.0567. The first-order valence-corrected chi connectivity index (χ1v) is 11.5. The van der Waals surface area contributed by atoms with Gasteiger partial charge in [-0.2, -0.15) is 0 Å². The molecule has 0 aromatic heterocycles. The molecule has 0 heterocycles. The van der Waals surface area contributed by atoms with E-state index in [2.05, 4.69) is 19.7 Å². The van der Waals surface area contributed by atoms with E-state index in [1.54, 1.807) is 0 Å². The van der Waals surface area contributed by atoms with E-state index in [0.717, 1.165) is 18.2 Å². The molecule has 0 spiro atoms. The third-order valence-electron chi connectivity index (χ3n) is 4.00. The van der Waals surface area contributed by atoms with Crippen molar-refractivity contribution in [1.82, 2.24) is 0 Å². The van der Waals surface area contributed by atoms with Crippen molar-refractivity contribution in [3.05, 3.63) is 38.0 Å². The minimum Gasteiger partial charge on any atom is -0.460 e. The van der Waals surface area contributed by atoms with Gasteiger partial charge in [-0.25, -0.2) is 14.4 Å². The fourth-order valence-corrected chi connectivity index (χ4v) is 2.29. The van der Waals surface area contributed by atoms with E-state index in [1.165, 1.54) is 0 Å². The van der Waals surface area contributed by atoms with Gasteiger partial charge < -0.3 is 42.6 Å². The van der Waals surface area contributed by atoms with Crippen LogP contribution in [-0.4, -0.2) is 103 Å². The van der Waals surface area contributed by atoms with Gasteiger partial charge in [-0.1, -0.05) is 26.7 Å². The van der Waals surface area contributed by atoms with Gasteiger partial charge in [0.15, 0.2) is 0 Å². The standard InChI is InChI=1S/C24H38O12/c1-5-21(25)31-15-9-28-12-18-34-24(8-4,35-19-13-29-10-16-32-22(26)6-2)36-20-14-30-11-17-33-23(27)7-3/h5-7H,1-3,8-20H2,4H3. The third-order valence-corrected chi connectivity index (χ3v) is 4.00. The summed E-state index contributed by atoms with van der Waals surface area (Å²) in [6, 6.07) is 0. The van der Waals surface area contributed by atoms with Crippen molar-refractivity contribution in [3.63, 3.8) is 0 Å². The molecular weight excluding hydrogens is 480 g/mol. The summed E-state index contributed by atoms with van der Waals surface area (Å²) in [6.45, 7) is 13.6. The highest BCUT2D eigenvalue weighted by atomic mass is 16.9. The van der Waals surface area contributed by atoms with Gasteiger partial charge >= 0.3 is 17.9 Å². The molecule has 0 aliphatic rings. The van der Waals surface area contributed by atoms with Crippen LogP contribution in [0.2, 0.25) is 0 Å². The number of hydrogen-bond donors (Lipinski definition) is 0. The van der Waals surface area contributed by atoms with Gasteiger partial charge in [0.2, 0.25) is 0 Å². The Labute approximate surface area is 212 Å². The van der Waals surface area contributed by atoms with E-state index in [-0.39, 0.29) is 79.3 Å². The number of carbonyl (C=O) groups excluding carboxylic acids is 3. The maximum Gasteiger partial charge on any atom is 0.330 e. The third kappa shape index (κ3) is 18.7. The lowest BCUT2D eigenvalue weighted by Crippen LogP contribution is -2.41. The SMILES string of the molecule is C=CC(=O)OCCOCCOC(CC)(OCCOCCOC(=O)C=C)OCCOCCOC(=O)C=C. The molecule has 0 N–H and O–H groups in total. The topological polar surface area (TPSA) is 134 Å². The molecular formula is C24H38O12. The molecule has 0 aromatic rings. The minimum atomic E-state index is -1.38. The van der Waals surface area contributed by atoms with Crippen molar-refractivity contribution < 1.29 is 57.0 Å². The van der Waals surface area contributed by atoms with Crippen molar-refractivity contribution in [2.45, 2.75) is 19.3 Å². The van der Waals surface area contributed by atoms with Gasteiger partial charge in [0, 0.05) is 24.6 Å². The summed E-state index contributed by atoms with van der Waals surface area (Å²) < 4.78 is 48.0. The molecule has 0 unspecified atom stereocenters. The van der Waals surface area contributed by atoms with Crippen LogP contribution in [0.25, 0.3) is 0 Å². The maximum atomic E-state index is 11.0. The number of ether oxygens (including phenoxy) is 9. The van der Waals surface area contributed by atoms with Gasteiger partial charge in [-0.3, -0.25) is 0 Å². The lowest BCUT2D eigenvalue weighted by Gasteiger charge is -2.32. The van der Waals surface area contributed by atoms with Gasteiger partial charge in [0.05, 0.1) is 59.5 Å². The van der Waals surface area contributed by atoms with Gasteiger partial charge in [-0.15, -0.1) is 0 Å². The lowest BCUT2D eigenvalue weighted by molar-refractivity contribution is -0.386. The first-order chi connectivity index (χ1) is 17.4. The molecule has 206 valence electrons. The molecule has 0 saturated carbocycles. The fraction of sp³-hybridized carbons (Fsp3) is 0.625. The molecule has 0 aliphatic heterocycles. The zero-order valence-corrected chi connectivity index (χ0v) is 20.9. The Morgan fingerprint density at radius 1 is 0.528 bits per heavy atom. The predicted molar refractivity (Wildman–Crippen MR) is 127 cm³/mol. The average Bonchev–Trinajstić information content (AvgIpc) is 2.90. The molecule has 0 radical (unpaired) electrons. The smallest absolute Gasteiger partial charge is 0.330 e. The second-order valence-corrected chi connectivity index (χ2v) is 6.53. The summed E-state index contributed by atoms with van der Waals surface area (Å²) >= 11 is 0. The van der Waals surface area contributed by atoms with Crippen LogP contribution in [0.15, 0.2) is 38.0 Å². The number of hydrogen-bond acceptors (Lipinski definition) is 12.